The van der Waals surface area contributed by atoms with Gasteiger partial charge in [-0.3, -0.25) is 9.36 Å². The number of nitrogens with zero attached hydrogens (tertiary/aromatic N) is 3. The van der Waals surface area contributed by atoms with Crippen LogP contribution in [0, 0.1) is 5.92 Å². The minimum absolute atomic E-state index is 0.0632. The minimum Gasteiger partial charge on any atom is -0.493 e. The summed E-state index contributed by atoms with van der Waals surface area (Å²) in [5.74, 6) is 2.49. The Labute approximate surface area is 183 Å². The molecule has 0 radical (unpaired) electrons. The third-order valence-electron chi connectivity index (χ3n) is 5.03. The summed E-state index contributed by atoms with van der Waals surface area (Å²) in [7, 11) is 0. The lowest BCUT2D eigenvalue weighted by atomic mass is 9.95. The second-order valence-corrected chi connectivity index (χ2v) is 9.07. The molecule has 0 saturated heterocycles. The van der Waals surface area contributed by atoms with Crippen LogP contribution in [0.4, 0.5) is 0 Å². The molecule has 1 heterocycles. The average Bonchev–Trinajstić information content (AvgIpc) is 3.15. The first kappa shape index (κ1) is 22.4. The molecule has 0 aliphatic heterocycles. The lowest BCUT2D eigenvalue weighted by molar-refractivity contribution is -0.119. The number of amides is 1. The maximum absolute atomic E-state index is 12.4. The highest BCUT2D eigenvalue weighted by molar-refractivity contribution is 7.99. The molecule has 1 aromatic heterocycles. The molecular formula is C23H32N4O2S. The van der Waals surface area contributed by atoms with Crippen LogP contribution in [0.2, 0.25) is 0 Å². The summed E-state index contributed by atoms with van der Waals surface area (Å²) >= 11 is 1.42. The predicted molar refractivity (Wildman–Crippen MR) is 122 cm³/mol. The Balaban J connectivity index is 1.64. The molecule has 1 N–H and O–H groups in total. The fourth-order valence-electron chi connectivity index (χ4n) is 3.51. The van der Waals surface area contributed by atoms with Crippen LogP contribution in [0.15, 0.2) is 42.1 Å². The van der Waals surface area contributed by atoms with Gasteiger partial charge in [-0.2, -0.15) is 0 Å². The number of hydrogen-bond acceptors (Lipinski definition) is 5. The summed E-state index contributed by atoms with van der Waals surface area (Å²) < 4.78 is 7.76. The third-order valence-corrected chi connectivity index (χ3v) is 5.99. The topological polar surface area (TPSA) is 69.0 Å². The smallest absolute Gasteiger partial charge is 0.230 e. The van der Waals surface area contributed by atoms with E-state index in [4.69, 9.17) is 4.74 Å². The van der Waals surface area contributed by atoms with Crippen molar-refractivity contribution in [3.63, 3.8) is 0 Å². The van der Waals surface area contributed by atoms with Crippen molar-refractivity contribution >= 4 is 17.7 Å². The Morgan fingerprint density at radius 3 is 2.67 bits per heavy atom. The lowest BCUT2D eigenvalue weighted by Crippen LogP contribution is -2.37. The Morgan fingerprint density at radius 2 is 2.00 bits per heavy atom. The van der Waals surface area contributed by atoms with E-state index in [1.807, 2.05) is 34.9 Å². The molecule has 1 aliphatic carbocycles. The first-order valence-corrected chi connectivity index (χ1v) is 11.7. The highest BCUT2D eigenvalue weighted by Gasteiger charge is 2.18. The zero-order valence-electron chi connectivity index (χ0n) is 18.0. The van der Waals surface area contributed by atoms with E-state index in [1.54, 1.807) is 0 Å². The largest absolute Gasteiger partial charge is 0.493 e. The fraction of sp³-hybridized carbons (Fsp3) is 0.522. The van der Waals surface area contributed by atoms with Crippen molar-refractivity contribution in [2.45, 2.75) is 63.7 Å². The number of nitrogens with one attached hydrogen (secondary N) is 1. The lowest BCUT2D eigenvalue weighted by Gasteiger charge is -2.22. The van der Waals surface area contributed by atoms with Crippen molar-refractivity contribution in [2.24, 2.45) is 5.92 Å². The quantitative estimate of drug-likeness (QED) is 0.438. The number of hydrogen-bond donors (Lipinski definition) is 1. The Hall–Kier alpha value is -2.28. The molecule has 30 heavy (non-hydrogen) atoms. The Bertz CT molecular complexity index is 826. The normalized spacial score (nSPS) is 14.6. The van der Waals surface area contributed by atoms with E-state index < -0.39 is 0 Å². The molecule has 1 aromatic carbocycles. The van der Waals surface area contributed by atoms with Gasteiger partial charge in [0.1, 0.15) is 5.75 Å². The van der Waals surface area contributed by atoms with Gasteiger partial charge in [-0.15, -0.1) is 16.8 Å². The second-order valence-electron chi connectivity index (χ2n) is 8.13. The molecule has 6 nitrogen and oxygen atoms in total. The van der Waals surface area contributed by atoms with Crippen LogP contribution in [0.3, 0.4) is 0 Å². The van der Waals surface area contributed by atoms with E-state index in [0.717, 1.165) is 35.1 Å². The predicted octanol–water partition coefficient (Wildman–Crippen LogP) is 4.71. The summed E-state index contributed by atoms with van der Waals surface area (Å²) in [6.45, 7) is 9.38. The van der Waals surface area contributed by atoms with Gasteiger partial charge in [-0.05, 0) is 43.0 Å². The summed E-state index contributed by atoms with van der Waals surface area (Å²) in [5.41, 5.74) is 0.958. The zero-order chi connectivity index (χ0) is 21.3. The van der Waals surface area contributed by atoms with Crippen LogP contribution in [0.1, 0.15) is 46.0 Å². The van der Waals surface area contributed by atoms with Gasteiger partial charge in [0.2, 0.25) is 5.91 Å². The molecule has 3 rings (SSSR count). The fourth-order valence-corrected chi connectivity index (χ4v) is 4.27. The van der Waals surface area contributed by atoms with Crippen molar-refractivity contribution < 1.29 is 9.53 Å². The van der Waals surface area contributed by atoms with E-state index in [9.17, 15) is 4.79 Å². The third kappa shape index (κ3) is 6.36. The number of benzene rings is 1. The van der Waals surface area contributed by atoms with Gasteiger partial charge < -0.3 is 10.1 Å². The number of ether oxygens (including phenoxy) is 1. The molecule has 0 spiro atoms. The van der Waals surface area contributed by atoms with E-state index in [0.29, 0.717) is 30.9 Å². The highest BCUT2D eigenvalue weighted by atomic mass is 32.2. The molecule has 1 fully saturated rings. The minimum atomic E-state index is 0.0632. The van der Waals surface area contributed by atoms with Gasteiger partial charge in [-0.1, -0.05) is 50.9 Å². The molecule has 0 atom stereocenters. The first-order valence-electron chi connectivity index (χ1n) is 10.8. The second kappa shape index (κ2) is 11.2. The summed E-state index contributed by atoms with van der Waals surface area (Å²) in [6.07, 6.45) is 7.68. The number of carbonyl (C=O) groups excluding carboxylic acids is 1. The monoisotopic (exact) mass is 428 g/mol. The van der Waals surface area contributed by atoms with Crippen molar-refractivity contribution in [1.82, 2.24) is 20.1 Å². The van der Waals surface area contributed by atoms with E-state index in [1.165, 1.54) is 31.0 Å². The van der Waals surface area contributed by atoms with Gasteiger partial charge in [0.05, 0.1) is 12.4 Å². The van der Waals surface area contributed by atoms with E-state index >= 15 is 0 Å². The first-order chi connectivity index (χ1) is 14.6. The summed E-state index contributed by atoms with van der Waals surface area (Å²) in [6, 6.07) is 8.21. The summed E-state index contributed by atoms with van der Waals surface area (Å²) in [5, 5.41) is 12.6. The van der Waals surface area contributed by atoms with Crippen LogP contribution < -0.4 is 10.1 Å². The van der Waals surface area contributed by atoms with Gasteiger partial charge in [0, 0.05) is 18.2 Å². The maximum Gasteiger partial charge on any atom is 0.230 e. The van der Waals surface area contributed by atoms with Crippen molar-refractivity contribution in [3.05, 3.63) is 36.9 Å². The molecule has 2 aromatic rings. The number of rotatable bonds is 10. The van der Waals surface area contributed by atoms with Crippen LogP contribution >= 0.6 is 11.8 Å². The number of allylic oxidation sites excluding steroid dienone is 1. The Kier molecular flexibility index (Phi) is 8.37. The molecule has 7 heteroatoms. The van der Waals surface area contributed by atoms with Crippen molar-refractivity contribution in [2.75, 3.05) is 12.4 Å². The molecule has 1 aliphatic rings. The maximum atomic E-state index is 12.4. The molecule has 1 amide bonds. The van der Waals surface area contributed by atoms with Crippen LogP contribution in [-0.2, 0) is 11.3 Å². The number of carbonyl (C=O) groups is 1. The molecule has 0 bridgehead atoms. The van der Waals surface area contributed by atoms with Gasteiger partial charge in [0.25, 0.3) is 0 Å². The number of aromatic nitrogens is 3. The van der Waals surface area contributed by atoms with Crippen LogP contribution in [0.5, 0.6) is 5.75 Å². The van der Waals surface area contributed by atoms with Crippen molar-refractivity contribution in [3.8, 4) is 17.1 Å². The molecule has 162 valence electrons. The van der Waals surface area contributed by atoms with Gasteiger partial charge in [0.15, 0.2) is 11.0 Å². The number of thioether (sulfide) groups is 1. The van der Waals surface area contributed by atoms with E-state index in [2.05, 4.69) is 35.9 Å². The van der Waals surface area contributed by atoms with Gasteiger partial charge in [-0.25, -0.2) is 0 Å². The van der Waals surface area contributed by atoms with Crippen LogP contribution in [-0.4, -0.2) is 39.1 Å². The van der Waals surface area contributed by atoms with E-state index in [-0.39, 0.29) is 5.91 Å². The van der Waals surface area contributed by atoms with Crippen LogP contribution in [0.25, 0.3) is 11.4 Å². The average molecular weight is 429 g/mol. The molecular weight excluding hydrogens is 396 g/mol. The summed E-state index contributed by atoms with van der Waals surface area (Å²) in [4.78, 5) is 12.4. The molecule has 0 unspecified atom stereocenters. The molecule has 1 saturated carbocycles. The zero-order valence-corrected chi connectivity index (χ0v) is 18.8. The standard InChI is InChI=1S/C23H32N4O2S/c1-4-14-27-22(18-10-12-20(13-11-18)29-15-17(2)3)25-26-23(27)30-16-21(28)24-19-8-6-5-7-9-19/h4,10-13,17,19H,1,5-9,14-16H2,2-3H3,(H,24,28). The van der Waals surface area contributed by atoms with Crippen molar-refractivity contribution in [1.29, 1.82) is 0 Å². The van der Waals surface area contributed by atoms with Gasteiger partial charge >= 0.3 is 0 Å². The SMILES string of the molecule is C=CCn1c(SCC(=O)NC2CCCCC2)nnc1-c1ccc(OCC(C)C)cc1. The highest BCUT2D eigenvalue weighted by Crippen LogP contribution is 2.26. The Morgan fingerprint density at radius 1 is 1.27 bits per heavy atom.